The lowest BCUT2D eigenvalue weighted by Gasteiger charge is -2.33. The maximum absolute atomic E-state index is 12.9. The van der Waals surface area contributed by atoms with Crippen molar-refractivity contribution in [3.63, 3.8) is 0 Å². The van der Waals surface area contributed by atoms with Crippen molar-refractivity contribution >= 4 is 17.9 Å². The van der Waals surface area contributed by atoms with Crippen molar-refractivity contribution in [1.29, 1.82) is 0 Å². The Kier molecular flexibility index (Phi) is 6.19. The zero-order valence-corrected chi connectivity index (χ0v) is 17.4. The fourth-order valence-corrected chi connectivity index (χ4v) is 3.55. The molecule has 1 aliphatic rings. The molecule has 1 saturated heterocycles. The fourth-order valence-electron chi connectivity index (χ4n) is 3.55. The van der Waals surface area contributed by atoms with E-state index in [0.29, 0.717) is 31.1 Å². The molecule has 166 valence electrons. The maximum Gasteiger partial charge on any atom is 0.416 e. The van der Waals surface area contributed by atoms with Gasteiger partial charge < -0.3 is 15.7 Å². The first-order valence-electron chi connectivity index (χ1n) is 9.83. The highest BCUT2D eigenvalue weighted by Crippen LogP contribution is 2.38. The third kappa shape index (κ3) is 4.95. The summed E-state index contributed by atoms with van der Waals surface area (Å²) >= 11 is 0. The zero-order chi connectivity index (χ0) is 22.9. The average molecular weight is 435 g/mol. The highest BCUT2D eigenvalue weighted by atomic mass is 19.4. The number of anilines is 1. The van der Waals surface area contributed by atoms with Crippen molar-refractivity contribution in [3.8, 4) is 17.0 Å². The summed E-state index contributed by atoms with van der Waals surface area (Å²) in [6.45, 7) is 5.86. The largest absolute Gasteiger partial charge is 0.507 e. The topological polar surface area (TPSA) is 105 Å². The molecule has 2 heterocycles. The van der Waals surface area contributed by atoms with Crippen molar-refractivity contribution < 1.29 is 23.1 Å². The number of hydrogen-bond donors (Lipinski definition) is 2. The Balaban J connectivity index is 1.83. The molecule has 1 fully saturated rings. The number of carbonyl (C=O) groups is 1. The second kappa shape index (κ2) is 8.52. The van der Waals surface area contributed by atoms with E-state index in [2.05, 4.69) is 15.0 Å². The van der Waals surface area contributed by atoms with Gasteiger partial charge in [0.05, 0.1) is 29.7 Å². The van der Waals surface area contributed by atoms with Crippen molar-refractivity contribution in [2.24, 2.45) is 4.99 Å². The molecular formula is C21H24F3N5O2. The van der Waals surface area contributed by atoms with Crippen LogP contribution < -0.4 is 5.73 Å². The molecule has 7 nitrogen and oxygen atoms in total. The van der Waals surface area contributed by atoms with E-state index >= 15 is 0 Å². The number of alkyl halides is 3. The van der Waals surface area contributed by atoms with Crippen LogP contribution >= 0.6 is 0 Å². The minimum Gasteiger partial charge on any atom is -0.507 e. The first-order chi connectivity index (χ1) is 14.5. The molecule has 0 spiro atoms. The molecule has 3 rings (SSSR count). The minimum absolute atomic E-state index is 0.0348. The van der Waals surface area contributed by atoms with Crippen LogP contribution in [-0.2, 0) is 11.0 Å². The number of phenols is 1. The number of amides is 1. The van der Waals surface area contributed by atoms with Crippen molar-refractivity contribution in [2.45, 2.75) is 51.9 Å². The number of phenolic OH excluding ortho intramolecular Hbond substituents is 1. The van der Waals surface area contributed by atoms with Crippen LogP contribution in [0.15, 0.2) is 23.3 Å². The Morgan fingerprint density at radius 1 is 1.35 bits per heavy atom. The molecule has 0 radical (unpaired) electrons. The van der Waals surface area contributed by atoms with E-state index in [1.165, 1.54) is 19.3 Å². The Bertz CT molecular complexity index is 998. The van der Waals surface area contributed by atoms with Gasteiger partial charge in [0.15, 0.2) is 5.82 Å². The number of aromatic hydroxyl groups is 1. The molecular weight excluding hydrogens is 411 g/mol. The standard InChI is InChI=1S/C21H24F3N5O2/c1-11(2)29-10-14(4-5-18(29)31)26-9-16-20(25)28-15(8-27-16)19-12(3)6-13(7-17(19)30)21(22,23)24/h6-9,11,14,30H,4-5,10H2,1-3H3,(H2,25,28). The third-order valence-electron chi connectivity index (χ3n) is 5.18. The lowest BCUT2D eigenvalue weighted by Crippen LogP contribution is -2.45. The highest BCUT2D eigenvalue weighted by Gasteiger charge is 2.32. The van der Waals surface area contributed by atoms with Gasteiger partial charge in [0.2, 0.25) is 5.91 Å². The van der Waals surface area contributed by atoms with E-state index in [1.54, 1.807) is 4.90 Å². The molecule has 1 atom stereocenters. The summed E-state index contributed by atoms with van der Waals surface area (Å²) in [5.74, 6) is -0.410. The fraction of sp³-hybridized carbons (Fsp3) is 0.429. The van der Waals surface area contributed by atoms with Gasteiger partial charge in [0.25, 0.3) is 0 Å². The van der Waals surface area contributed by atoms with E-state index in [-0.39, 0.29) is 40.6 Å². The second-order valence-electron chi connectivity index (χ2n) is 7.82. The Hall–Kier alpha value is -3.17. The first-order valence-corrected chi connectivity index (χ1v) is 9.83. The van der Waals surface area contributed by atoms with Crippen LogP contribution in [0, 0.1) is 6.92 Å². The van der Waals surface area contributed by atoms with Gasteiger partial charge in [-0.15, -0.1) is 0 Å². The number of nitrogens with two attached hydrogens (primary N) is 1. The monoisotopic (exact) mass is 435 g/mol. The summed E-state index contributed by atoms with van der Waals surface area (Å²) in [5, 5.41) is 10.1. The van der Waals surface area contributed by atoms with Gasteiger partial charge in [-0.25, -0.2) is 9.97 Å². The Morgan fingerprint density at radius 3 is 2.65 bits per heavy atom. The van der Waals surface area contributed by atoms with Gasteiger partial charge in [-0.05, 0) is 44.9 Å². The number of rotatable bonds is 4. The number of hydrogen-bond acceptors (Lipinski definition) is 6. The van der Waals surface area contributed by atoms with Crippen LogP contribution in [0.25, 0.3) is 11.3 Å². The lowest BCUT2D eigenvalue weighted by molar-refractivity contribution is -0.138. The van der Waals surface area contributed by atoms with Crippen LogP contribution in [0.3, 0.4) is 0 Å². The number of aromatic nitrogens is 2. The summed E-state index contributed by atoms with van der Waals surface area (Å²) < 4.78 is 38.8. The van der Waals surface area contributed by atoms with Crippen LogP contribution in [0.4, 0.5) is 19.0 Å². The number of piperidine rings is 1. The predicted molar refractivity (Wildman–Crippen MR) is 111 cm³/mol. The van der Waals surface area contributed by atoms with Crippen molar-refractivity contribution in [1.82, 2.24) is 14.9 Å². The number of carbonyl (C=O) groups excluding carboxylic acids is 1. The van der Waals surface area contributed by atoms with Gasteiger partial charge in [-0.1, -0.05) is 0 Å². The van der Waals surface area contributed by atoms with E-state index < -0.39 is 17.5 Å². The first kappa shape index (κ1) is 22.5. The van der Waals surface area contributed by atoms with Gasteiger partial charge in [-0.2, -0.15) is 13.2 Å². The molecule has 2 aromatic rings. The van der Waals surface area contributed by atoms with Crippen LogP contribution in [-0.4, -0.2) is 50.7 Å². The number of likely N-dealkylation sites (tertiary alicyclic amines) is 1. The van der Waals surface area contributed by atoms with E-state index in [0.717, 1.165) is 6.07 Å². The summed E-state index contributed by atoms with van der Waals surface area (Å²) in [5.41, 5.74) is 5.83. The minimum atomic E-state index is -4.57. The summed E-state index contributed by atoms with van der Waals surface area (Å²) in [6, 6.07) is 1.60. The van der Waals surface area contributed by atoms with Crippen LogP contribution in [0.1, 0.15) is 43.5 Å². The molecule has 1 amide bonds. The summed E-state index contributed by atoms with van der Waals surface area (Å²) in [4.78, 5) is 26.6. The Morgan fingerprint density at radius 2 is 2.06 bits per heavy atom. The van der Waals surface area contributed by atoms with Crippen LogP contribution in [0.2, 0.25) is 0 Å². The van der Waals surface area contributed by atoms with E-state index in [4.69, 9.17) is 5.73 Å². The molecule has 10 heteroatoms. The SMILES string of the molecule is Cc1cc(C(F)(F)F)cc(O)c1-c1cnc(C=NC2CCC(=O)N(C(C)C)C2)c(N)n1. The van der Waals surface area contributed by atoms with E-state index in [9.17, 15) is 23.1 Å². The molecule has 31 heavy (non-hydrogen) atoms. The molecule has 1 aromatic carbocycles. The zero-order valence-electron chi connectivity index (χ0n) is 17.4. The highest BCUT2D eigenvalue weighted by molar-refractivity contribution is 5.84. The van der Waals surface area contributed by atoms with Crippen LogP contribution in [0.5, 0.6) is 5.75 Å². The smallest absolute Gasteiger partial charge is 0.416 e. The molecule has 1 unspecified atom stereocenters. The van der Waals surface area contributed by atoms with Gasteiger partial charge >= 0.3 is 6.18 Å². The van der Waals surface area contributed by atoms with Gasteiger partial charge in [0, 0.05) is 24.6 Å². The van der Waals surface area contributed by atoms with Gasteiger partial charge in [-0.3, -0.25) is 9.79 Å². The van der Waals surface area contributed by atoms with E-state index in [1.807, 2.05) is 13.8 Å². The lowest BCUT2D eigenvalue weighted by atomic mass is 10.0. The molecule has 0 bridgehead atoms. The summed E-state index contributed by atoms with van der Waals surface area (Å²) in [7, 11) is 0. The van der Waals surface area contributed by atoms with Gasteiger partial charge in [0.1, 0.15) is 11.4 Å². The maximum atomic E-state index is 12.9. The number of nitrogens with zero attached hydrogens (tertiary/aromatic N) is 4. The van der Waals surface area contributed by atoms with Crippen molar-refractivity contribution in [2.75, 3.05) is 12.3 Å². The molecule has 1 aliphatic heterocycles. The normalized spacial score (nSPS) is 17.7. The number of aliphatic imine (C=N–C) groups is 1. The molecule has 0 saturated carbocycles. The predicted octanol–water partition coefficient (Wildman–Crippen LogP) is 3.58. The number of benzene rings is 1. The molecule has 0 aliphatic carbocycles. The third-order valence-corrected chi connectivity index (χ3v) is 5.18. The Labute approximate surface area is 177 Å². The summed E-state index contributed by atoms with van der Waals surface area (Å²) in [6.07, 6.45) is -0.696. The number of aryl methyl sites for hydroxylation is 1. The number of halogens is 3. The molecule has 1 aromatic heterocycles. The average Bonchev–Trinajstić information content (AvgIpc) is 2.67. The quantitative estimate of drug-likeness (QED) is 0.715. The number of nitrogen functional groups attached to an aromatic ring is 1. The molecule has 3 N–H and O–H groups in total. The van der Waals surface area contributed by atoms with Crippen molar-refractivity contribution in [3.05, 3.63) is 35.2 Å². The second-order valence-corrected chi connectivity index (χ2v) is 7.82.